The third kappa shape index (κ3) is 1.63. The second-order valence-electron chi connectivity index (χ2n) is 2.96. The van der Waals surface area contributed by atoms with Crippen molar-refractivity contribution in [3.63, 3.8) is 0 Å². The summed E-state index contributed by atoms with van der Waals surface area (Å²) < 4.78 is 30.2. The normalized spacial score (nSPS) is 34.9. The molecule has 68 valence electrons. The van der Waals surface area contributed by atoms with E-state index in [1.165, 1.54) is 6.92 Å². The van der Waals surface area contributed by atoms with Crippen LogP contribution < -0.4 is 5.73 Å². The summed E-state index contributed by atoms with van der Waals surface area (Å²) in [5, 5.41) is 0. The van der Waals surface area contributed by atoms with Gasteiger partial charge in [0.25, 0.3) is 5.92 Å². The van der Waals surface area contributed by atoms with Gasteiger partial charge < -0.3 is 10.5 Å². The molecule has 2 nitrogen and oxygen atoms in total. The van der Waals surface area contributed by atoms with Crippen LogP contribution in [0.2, 0.25) is 0 Å². The molecule has 0 amide bonds. The highest BCUT2D eigenvalue weighted by Crippen LogP contribution is 2.40. The Hall–Kier alpha value is 0.0700. The Morgan fingerprint density at radius 3 is 2.18 bits per heavy atom. The highest BCUT2D eigenvalue weighted by Gasteiger charge is 2.54. The van der Waals surface area contributed by atoms with Crippen molar-refractivity contribution in [2.75, 3.05) is 19.8 Å². The van der Waals surface area contributed by atoms with E-state index in [0.717, 1.165) is 0 Å². The predicted molar refractivity (Wildman–Crippen MR) is 40.2 cm³/mol. The zero-order chi connectivity index (χ0) is 7.83. The molecule has 1 saturated heterocycles. The van der Waals surface area contributed by atoms with Crippen LogP contribution in [0.1, 0.15) is 6.92 Å². The van der Waals surface area contributed by atoms with E-state index in [2.05, 4.69) is 4.74 Å². The molecule has 1 unspecified atom stereocenters. The SMILES string of the molecule is CC1(CN)COCC1(F)F.Cl. The van der Waals surface area contributed by atoms with Gasteiger partial charge in [0, 0.05) is 6.54 Å². The van der Waals surface area contributed by atoms with Crippen molar-refractivity contribution in [2.24, 2.45) is 11.1 Å². The third-order valence-corrected chi connectivity index (χ3v) is 2.04. The molecule has 0 aromatic heterocycles. The summed E-state index contributed by atoms with van der Waals surface area (Å²) in [5.41, 5.74) is 4.04. The fourth-order valence-corrected chi connectivity index (χ4v) is 0.893. The zero-order valence-corrected chi connectivity index (χ0v) is 7.09. The van der Waals surface area contributed by atoms with Crippen LogP contribution in [0.25, 0.3) is 0 Å². The van der Waals surface area contributed by atoms with Gasteiger partial charge in [-0.25, -0.2) is 8.78 Å². The predicted octanol–water partition coefficient (Wildman–Crippen LogP) is 1.04. The molecule has 1 aliphatic heterocycles. The van der Waals surface area contributed by atoms with E-state index >= 15 is 0 Å². The quantitative estimate of drug-likeness (QED) is 0.666. The van der Waals surface area contributed by atoms with Crippen LogP contribution in [0.5, 0.6) is 0 Å². The maximum absolute atomic E-state index is 12.8. The van der Waals surface area contributed by atoms with E-state index in [-0.39, 0.29) is 25.6 Å². The Bertz CT molecular complexity index is 145. The van der Waals surface area contributed by atoms with Crippen LogP contribution >= 0.6 is 12.4 Å². The molecular formula is C6H12ClF2NO. The van der Waals surface area contributed by atoms with Crippen molar-refractivity contribution >= 4 is 12.4 Å². The van der Waals surface area contributed by atoms with Crippen molar-refractivity contribution < 1.29 is 13.5 Å². The van der Waals surface area contributed by atoms with Crippen molar-refractivity contribution in [1.82, 2.24) is 0 Å². The topological polar surface area (TPSA) is 35.2 Å². The van der Waals surface area contributed by atoms with Crippen LogP contribution in [-0.2, 0) is 4.74 Å². The molecule has 2 N–H and O–H groups in total. The second kappa shape index (κ2) is 3.21. The number of rotatable bonds is 1. The Morgan fingerprint density at radius 1 is 1.45 bits per heavy atom. The maximum atomic E-state index is 12.8. The van der Waals surface area contributed by atoms with Gasteiger partial charge in [0.1, 0.15) is 6.61 Å². The average Bonchev–Trinajstić information content (AvgIpc) is 2.10. The molecule has 0 aliphatic carbocycles. The molecule has 5 heteroatoms. The summed E-state index contributed by atoms with van der Waals surface area (Å²) in [7, 11) is 0. The first-order valence-corrected chi connectivity index (χ1v) is 3.17. The van der Waals surface area contributed by atoms with Crippen LogP contribution in [-0.4, -0.2) is 25.7 Å². The van der Waals surface area contributed by atoms with Crippen LogP contribution in [0.3, 0.4) is 0 Å². The van der Waals surface area contributed by atoms with Gasteiger partial charge in [-0.05, 0) is 0 Å². The second-order valence-corrected chi connectivity index (χ2v) is 2.96. The van der Waals surface area contributed by atoms with E-state index in [0.29, 0.717) is 0 Å². The molecular weight excluding hydrogens is 176 g/mol. The van der Waals surface area contributed by atoms with Crippen molar-refractivity contribution in [3.05, 3.63) is 0 Å². The summed E-state index contributed by atoms with van der Waals surface area (Å²) in [5.74, 6) is -2.75. The first-order valence-electron chi connectivity index (χ1n) is 3.17. The van der Waals surface area contributed by atoms with Gasteiger partial charge >= 0.3 is 0 Å². The van der Waals surface area contributed by atoms with Crippen molar-refractivity contribution in [1.29, 1.82) is 0 Å². The van der Waals surface area contributed by atoms with E-state index in [1.54, 1.807) is 0 Å². The highest BCUT2D eigenvalue weighted by molar-refractivity contribution is 5.85. The Kier molecular flexibility index (Phi) is 3.23. The molecule has 0 aromatic carbocycles. The molecule has 1 rings (SSSR count). The Morgan fingerprint density at radius 2 is 2.00 bits per heavy atom. The lowest BCUT2D eigenvalue weighted by Crippen LogP contribution is -2.43. The van der Waals surface area contributed by atoms with Gasteiger partial charge in [0.15, 0.2) is 0 Å². The van der Waals surface area contributed by atoms with Gasteiger partial charge in [0.05, 0.1) is 12.0 Å². The van der Waals surface area contributed by atoms with Gasteiger partial charge in [-0.1, -0.05) is 6.92 Å². The fraction of sp³-hybridized carbons (Fsp3) is 1.00. The standard InChI is InChI=1S/C6H11F2NO.ClH/c1-5(2-9)3-10-4-6(5,7)8;/h2-4,9H2,1H3;1H. The minimum Gasteiger partial charge on any atom is -0.374 e. The van der Waals surface area contributed by atoms with E-state index in [1.807, 2.05) is 0 Å². The summed E-state index contributed by atoms with van der Waals surface area (Å²) >= 11 is 0. The lowest BCUT2D eigenvalue weighted by molar-refractivity contribution is -0.0744. The Labute approximate surface area is 70.5 Å². The smallest absolute Gasteiger partial charge is 0.279 e. The number of hydrogen-bond donors (Lipinski definition) is 1. The number of alkyl halides is 2. The zero-order valence-electron chi connectivity index (χ0n) is 6.27. The average molecular weight is 188 g/mol. The van der Waals surface area contributed by atoms with E-state index in [4.69, 9.17) is 5.73 Å². The van der Waals surface area contributed by atoms with Gasteiger partial charge in [0.2, 0.25) is 0 Å². The summed E-state index contributed by atoms with van der Waals surface area (Å²) in [6.45, 7) is 0.997. The molecule has 1 atom stereocenters. The lowest BCUT2D eigenvalue weighted by atomic mass is 9.87. The fourth-order valence-electron chi connectivity index (χ4n) is 0.893. The van der Waals surface area contributed by atoms with Gasteiger partial charge in [-0.2, -0.15) is 0 Å². The van der Waals surface area contributed by atoms with E-state index in [9.17, 15) is 8.78 Å². The van der Waals surface area contributed by atoms with Gasteiger partial charge in [-0.3, -0.25) is 0 Å². The third-order valence-electron chi connectivity index (χ3n) is 2.04. The molecule has 0 spiro atoms. The van der Waals surface area contributed by atoms with Gasteiger partial charge in [-0.15, -0.1) is 12.4 Å². The van der Waals surface area contributed by atoms with Crippen LogP contribution in [0.4, 0.5) is 8.78 Å². The summed E-state index contributed by atoms with van der Waals surface area (Å²) in [6, 6.07) is 0. The molecule has 0 radical (unpaired) electrons. The summed E-state index contributed by atoms with van der Waals surface area (Å²) in [6.07, 6.45) is 0. The molecule has 0 aromatic rings. The minimum absolute atomic E-state index is 0. The first kappa shape index (κ1) is 11.1. The lowest BCUT2D eigenvalue weighted by Gasteiger charge is -2.26. The maximum Gasteiger partial charge on any atom is 0.279 e. The molecule has 0 bridgehead atoms. The highest BCUT2D eigenvalue weighted by atomic mass is 35.5. The molecule has 11 heavy (non-hydrogen) atoms. The molecule has 0 saturated carbocycles. The van der Waals surface area contributed by atoms with Crippen molar-refractivity contribution in [3.8, 4) is 0 Å². The minimum atomic E-state index is -2.75. The number of ether oxygens (including phenoxy) is 1. The van der Waals surface area contributed by atoms with Crippen molar-refractivity contribution in [2.45, 2.75) is 12.8 Å². The van der Waals surface area contributed by atoms with Crippen LogP contribution in [0, 0.1) is 5.41 Å². The Balaban J connectivity index is 0.000001000. The first-order chi connectivity index (χ1) is 4.52. The van der Waals surface area contributed by atoms with Crippen LogP contribution in [0.15, 0.2) is 0 Å². The molecule has 1 aliphatic rings. The largest absolute Gasteiger partial charge is 0.374 e. The monoisotopic (exact) mass is 187 g/mol. The number of nitrogens with two attached hydrogens (primary N) is 1. The van der Waals surface area contributed by atoms with E-state index < -0.39 is 17.9 Å². The number of hydrogen-bond acceptors (Lipinski definition) is 2. The molecule has 1 fully saturated rings. The molecule has 1 heterocycles. The number of halogens is 3. The summed E-state index contributed by atoms with van der Waals surface area (Å²) in [4.78, 5) is 0.